The molecule has 0 spiro atoms. The summed E-state index contributed by atoms with van der Waals surface area (Å²) < 4.78 is 5.86. The Bertz CT molecular complexity index is 891. The van der Waals surface area contributed by atoms with Crippen molar-refractivity contribution in [1.29, 1.82) is 0 Å². The van der Waals surface area contributed by atoms with E-state index in [1.54, 1.807) is 24.2 Å². The summed E-state index contributed by atoms with van der Waals surface area (Å²) in [5.74, 6) is 0.939. The van der Waals surface area contributed by atoms with Crippen LogP contribution in [0.4, 0.5) is 0 Å². The van der Waals surface area contributed by atoms with Crippen molar-refractivity contribution in [2.75, 3.05) is 0 Å². The van der Waals surface area contributed by atoms with Crippen LogP contribution in [-0.2, 0) is 6.61 Å². The Morgan fingerprint density at radius 1 is 1.12 bits per heavy atom. The third kappa shape index (κ3) is 4.73. The fourth-order valence-electron chi connectivity index (χ4n) is 2.57. The van der Waals surface area contributed by atoms with Crippen molar-refractivity contribution in [1.82, 2.24) is 4.98 Å². The van der Waals surface area contributed by atoms with Crippen LogP contribution in [-0.4, -0.2) is 10.8 Å². The van der Waals surface area contributed by atoms with Crippen LogP contribution in [0, 0.1) is 6.92 Å². The Kier molecular flexibility index (Phi) is 6.08. The normalized spacial score (nSPS) is 10.5. The first-order chi connectivity index (χ1) is 12.7. The van der Waals surface area contributed by atoms with E-state index in [9.17, 15) is 4.79 Å². The number of carbonyl (C=O) groups is 1. The van der Waals surface area contributed by atoms with Gasteiger partial charge < -0.3 is 4.74 Å². The molecular weight excluding hydrogens is 342 g/mol. The van der Waals surface area contributed by atoms with Gasteiger partial charge in [0.15, 0.2) is 5.78 Å². The highest BCUT2D eigenvalue weighted by molar-refractivity contribution is 7.99. The van der Waals surface area contributed by atoms with E-state index >= 15 is 0 Å². The maximum atomic E-state index is 12.0. The van der Waals surface area contributed by atoms with E-state index in [0.29, 0.717) is 18.6 Å². The van der Waals surface area contributed by atoms with Crippen molar-refractivity contribution < 1.29 is 9.53 Å². The van der Waals surface area contributed by atoms with E-state index in [2.05, 4.69) is 30.1 Å². The quantitative estimate of drug-likeness (QED) is 0.504. The lowest BCUT2D eigenvalue weighted by Crippen LogP contribution is -1.99. The second-order valence-corrected chi connectivity index (χ2v) is 7.12. The van der Waals surface area contributed by atoms with Crippen molar-refractivity contribution in [3.63, 3.8) is 0 Å². The largest absolute Gasteiger partial charge is 0.489 e. The van der Waals surface area contributed by atoms with Crippen LogP contribution in [0.3, 0.4) is 0 Å². The molecule has 3 rings (SSSR count). The molecule has 3 nitrogen and oxygen atoms in total. The van der Waals surface area contributed by atoms with Gasteiger partial charge in [-0.2, -0.15) is 0 Å². The minimum atomic E-state index is 0.110. The van der Waals surface area contributed by atoms with Gasteiger partial charge in [-0.25, -0.2) is 0 Å². The van der Waals surface area contributed by atoms with Crippen LogP contribution in [0.15, 0.2) is 76.8 Å². The first kappa shape index (κ1) is 18.2. The molecule has 0 amide bonds. The second kappa shape index (κ2) is 8.68. The van der Waals surface area contributed by atoms with Crippen LogP contribution in [0.25, 0.3) is 0 Å². The minimum absolute atomic E-state index is 0.110. The molecule has 0 N–H and O–H groups in total. The molecule has 4 heteroatoms. The average Bonchev–Trinajstić information content (AvgIpc) is 2.67. The number of rotatable bonds is 7. The lowest BCUT2D eigenvalue weighted by molar-refractivity contribution is 0.0985. The van der Waals surface area contributed by atoms with E-state index in [1.807, 2.05) is 43.3 Å². The molecule has 132 valence electrons. The van der Waals surface area contributed by atoms with Crippen LogP contribution in [0.2, 0.25) is 0 Å². The number of hydrogen-bond donors (Lipinski definition) is 0. The predicted octanol–water partition coefficient (Wildman–Crippen LogP) is 5.71. The SMILES string of the molecule is CCC(=O)c1cnccc1Sc1ccc(OCc2cccc(C)c2)cc1. The van der Waals surface area contributed by atoms with E-state index in [0.717, 1.165) is 21.1 Å². The van der Waals surface area contributed by atoms with Crippen LogP contribution in [0.5, 0.6) is 5.75 Å². The molecule has 1 aromatic heterocycles. The molecule has 0 radical (unpaired) electrons. The van der Waals surface area contributed by atoms with Gasteiger partial charge in [-0.05, 0) is 42.8 Å². The Morgan fingerprint density at radius 2 is 1.92 bits per heavy atom. The summed E-state index contributed by atoms with van der Waals surface area (Å²) in [4.78, 5) is 18.1. The summed E-state index contributed by atoms with van der Waals surface area (Å²) in [5, 5.41) is 0. The third-order valence-corrected chi connectivity index (χ3v) is 5.03. The van der Waals surface area contributed by atoms with Gasteiger partial charge in [-0.1, -0.05) is 48.5 Å². The van der Waals surface area contributed by atoms with Gasteiger partial charge in [0.1, 0.15) is 12.4 Å². The maximum absolute atomic E-state index is 12.0. The number of aryl methyl sites for hydroxylation is 1. The number of Topliss-reactive ketones (excluding diaryl/α,β-unsaturated/α-hetero) is 1. The number of ether oxygens (including phenoxy) is 1. The van der Waals surface area contributed by atoms with Crippen molar-refractivity contribution in [2.45, 2.75) is 36.7 Å². The molecule has 1 heterocycles. The highest BCUT2D eigenvalue weighted by Gasteiger charge is 2.11. The standard InChI is InChI=1S/C22H21NO2S/c1-3-21(24)20-14-23-12-11-22(20)26-19-9-7-18(8-10-19)25-15-17-6-4-5-16(2)13-17/h4-14H,3,15H2,1-2H3. The fourth-order valence-corrected chi connectivity index (χ4v) is 3.50. The number of hydrogen-bond acceptors (Lipinski definition) is 4. The Labute approximate surface area is 158 Å². The third-order valence-electron chi connectivity index (χ3n) is 3.94. The number of ketones is 1. The number of benzene rings is 2. The summed E-state index contributed by atoms with van der Waals surface area (Å²) in [6.45, 7) is 4.49. The Morgan fingerprint density at radius 3 is 2.65 bits per heavy atom. The zero-order valence-electron chi connectivity index (χ0n) is 14.9. The van der Waals surface area contributed by atoms with Crippen LogP contribution < -0.4 is 4.74 Å². The molecule has 0 atom stereocenters. The minimum Gasteiger partial charge on any atom is -0.489 e. The Balaban J connectivity index is 1.66. The maximum Gasteiger partial charge on any atom is 0.165 e. The van der Waals surface area contributed by atoms with E-state index < -0.39 is 0 Å². The molecular formula is C22H21NO2S. The van der Waals surface area contributed by atoms with Crippen molar-refractivity contribution in [2.24, 2.45) is 0 Å². The first-order valence-corrected chi connectivity index (χ1v) is 9.41. The monoisotopic (exact) mass is 363 g/mol. The molecule has 0 aliphatic carbocycles. The molecule has 0 aliphatic heterocycles. The smallest absolute Gasteiger partial charge is 0.165 e. The molecule has 0 bridgehead atoms. The van der Waals surface area contributed by atoms with Gasteiger partial charge in [0, 0.05) is 34.2 Å². The molecule has 0 saturated heterocycles. The molecule has 0 aliphatic rings. The van der Waals surface area contributed by atoms with Gasteiger partial charge >= 0.3 is 0 Å². The summed E-state index contributed by atoms with van der Waals surface area (Å²) in [6.07, 6.45) is 3.84. The molecule has 26 heavy (non-hydrogen) atoms. The first-order valence-electron chi connectivity index (χ1n) is 8.59. The topological polar surface area (TPSA) is 39.2 Å². The summed E-state index contributed by atoms with van der Waals surface area (Å²) in [6, 6.07) is 18.1. The molecule has 0 unspecified atom stereocenters. The van der Waals surface area contributed by atoms with Crippen molar-refractivity contribution >= 4 is 17.5 Å². The predicted molar refractivity (Wildman–Crippen MR) is 105 cm³/mol. The second-order valence-electron chi connectivity index (χ2n) is 6.00. The molecule has 2 aromatic carbocycles. The highest BCUT2D eigenvalue weighted by Crippen LogP contribution is 2.31. The fraction of sp³-hybridized carbons (Fsp3) is 0.182. The highest BCUT2D eigenvalue weighted by atomic mass is 32.2. The summed E-state index contributed by atoms with van der Waals surface area (Å²) in [5.41, 5.74) is 3.07. The van der Waals surface area contributed by atoms with Crippen LogP contribution in [0.1, 0.15) is 34.8 Å². The van der Waals surface area contributed by atoms with Crippen molar-refractivity contribution in [3.8, 4) is 5.75 Å². The zero-order valence-corrected chi connectivity index (χ0v) is 15.8. The molecule has 0 fully saturated rings. The average molecular weight is 363 g/mol. The number of pyridine rings is 1. The van der Waals surface area contributed by atoms with Crippen LogP contribution >= 0.6 is 11.8 Å². The van der Waals surface area contributed by atoms with Crippen molar-refractivity contribution in [3.05, 3.63) is 83.7 Å². The summed E-state index contributed by atoms with van der Waals surface area (Å²) in [7, 11) is 0. The number of aromatic nitrogens is 1. The Hall–Kier alpha value is -2.59. The zero-order chi connectivity index (χ0) is 18.4. The molecule has 3 aromatic rings. The number of nitrogens with zero attached hydrogens (tertiary/aromatic N) is 1. The van der Waals surface area contributed by atoms with Gasteiger partial charge in [-0.15, -0.1) is 0 Å². The van der Waals surface area contributed by atoms with Gasteiger partial charge in [0.25, 0.3) is 0 Å². The van der Waals surface area contributed by atoms with Gasteiger partial charge in [-0.3, -0.25) is 9.78 Å². The lowest BCUT2D eigenvalue weighted by Gasteiger charge is -2.09. The lowest BCUT2D eigenvalue weighted by atomic mass is 10.1. The molecule has 0 saturated carbocycles. The van der Waals surface area contributed by atoms with Gasteiger partial charge in [0.05, 0.1) is 0 Å². The summed E-state index contributed by atoms with van der Waals surface area (Å²) >= 11 is 1.57. The van der Waals surface area contributed by atoms with E-state index in [-0.39, 0.29) is 5.78 Å². The van der Waals surface area contributed by atoms with E-state index in [4.69, 9.17) is 4.74 Å². The van der Waals surface area contributed by atoms with E-state index in [1.165, 1.54) is 5.56 Å². The number of carbonyl (C=O) groups excluding carboxylic acids is 1. The van der Waals surface area contributed by atoms with Gasteiger partial charge in [0.2, 0.25) is 0 Å².